The summed E-state index contributed by atoms with van der Waals surface area (Å²) in [6.07, 6.45) is 2.40. The third-order valence-corrected chi connectivity index (χ3v) is 16.3. The summed E-state index contributed by atoms with van der Waals surface area (Å²) in [4.78, 5) is 55.5. The molecule has 2 aliphatic heterocycles. The summed E-state index contributed by atoms with van der Waals surface area (Å²) in [5.74, 6) is 3.16. The van der Waals surface area contributed by atoms with Crippen molar-refractivity contribution in [3.63, 3.8) is 0 Å². The lowest BCUT2D eigenvalue weighted by Crippen LogP contribution is -2.18. The number of esters is 2. The number of carbonyl (C=O) groups is 2. The van der Waals surface area contributed by atoms with Gasteiger partial charge in [0.1, 0.15) is 16.8 Å². The number of aliphatic hydroxyl groups excluding tert-OH is 1. The Kier molecular flexibility index (Phi) is 23.8. The van der Waals surface area contributed by atoms with Gasteiger partial charge in [0, 0.05) is 88.3 Å². The molecule has 0 aliphatic carbocycles. The van der Waals surface area contributed by atoms with Crippen molar-refractivity contribution < 1.29 is 25.6 Å². The van der Waals surface area contributed by atoms with Crippen molar-refractivity contribution >= 4 is 98.7 Å². The second-order valence-electron chi connectivity index (χ2n) is 22.6. The van der Waals surface area contributed by atoms with Crippen LogP contribution in [-0.2, 0) is 35.3 Å². The molecule has 95 heavy (non-hydrogen) atoms. The predicted octanol–water partition coefficient (Wildman–Crippen LogP) is 15.2. The first-order chi connectivity index (χ1) is 45.6. The van der Waals surface area contributed by atoms with E-state index in [9.17, 15) is 14.7 Å². The minimum atomic E-state index is -0.306. The lowest BCUT2D eigenvalue weighted by molar-refractivity contribution is 0.0516. The molecule has 0 unspecified atom stereocenters. The maximum absolute atomic E-state index is 12.2. The Morgan fingerprint density at radius 1 is 0.547 bits per heavy atom. The van der Waals surface area contributed by atoms with Crippen LogP contribution < -0.4 is 31.5 Å². The molecule has 20 nitrogen and oxygen atoms in total. The predicted molar refractivity (Wildman–Crippen MR) is 377 cm³/mol. The Bertz CT molecular complexity index is 4350. The summed E-state index contributed by atoms with van der Waals surface area (Å²) in [5, 5.41) is 46.2. The zero-order valence-corrected chi connectivity index (χ0v) is 56.6. The number of anilines is 11. The number of nitriles is 3. The zero-order valence-electron chi connectivity index (χ0n) is 55.1. The third kappa shape index (κ3) is 17.3. The molecule has 0 amide bonds. The molecule has 2 aliphatic rings. The second-order valence-corrected chi connectivity index (χ2v) is 23.4. The lowest BCUT2D eigenvalue weighted by atomic mass is 10.0. The van der Waals surface area contributed by atoms with Crippen molar-refractivity contribution in [1.82, 2.24) is 29.9 Å². The van der Waals surface area contributed by atoms with Crippen LogP contribution >= 0.6 is 23.2 Å². The molecule has 0 atom stereocenters. The fraction of sp³-hybridized carbons (Fsp3) is 0.274. The molecule has 6 N–H and O–H groups in total. The number of alkyl halides is 1. The van der Waals surface area contributed by atoms with Gasteiger partial charge in [-0.3, -0.25) is 0 Å². The number of aliphatic hydroxyl groups is 1. The minimum absolute atomic E-state index is 0. The number of rotatable bonds is 15. The van der Waals surface area contributed by atoms with Gasteiger partial charge in [0.25, 0.3) is 0 Å². The summed E-state index contributed by atoms with van der Waals surface area (Å²) in [7, 11) is 0. The molecular weight excluding hydrogens is 1240 g/mol. The molecule has 11 rings (SSSR count). The number of nitrogens with one attached hydrogen (secondary N) is 3. The van der Waals surface area contributed by atoms with Crippen molar-refractivity contribution in [2.75, 3.05) is 63.7 Å². The highest BCUT2D eigenvalue weighted by atomic mass is 35.5. The van der Waals surface area contributed by atoms with Gasteiger partial charge >= 0.3 is 11.9 Å². The van der Waals surface area contributed by atoms with Crippen LogP contribution in [-0.4, -0.2) is 79.1 Å². The minimum Gasteiger partial charge on any atom is -0.462 e. The molecule has 5 heterocycles. The highest BCUT2D eigenvalue weighted by Crippen LogP contribution is 2.41. The third-order valence-electron chi connectivity index (χ3n) is 15.8. The molecule has 3 aromatic heterocycles. The number of hydrogen-bond acceptors (Lipinski definition) is 20. The number of nitrogens with two attached hydrogens (primary N) is 1. The zero-order chi connectivity index (χ0) is 68.6. The van der Waals surface area contributed by atoms with E-state index in [1.165, 1.54) is 5.56 Å². The molecule has 0 fully saturated rings. The molecule has 0 saturated carbocycles. The van der Waals surface area contributed by atoms with Gasteiger partial charge in [-0.05, 0) is 231 Å². The van der Waals surface area contributed by atoms with Gasteiger partial charge in [0.15, 0.2) is 0 Å². The number of nitrogens with zero attached hydrogens (tertiary/aromatic N) is 11. The number of halogens is 2. The maximum Gasteiger partial charge on any atom is 0.338 e. The van der Waals surface area contributed by atoms with Crippen LogP contribution in [0.1, 0.15) is 125 Å². The summed E-state index contributed by atoms with van der Waals surface area (Å²) in [6.45, 7) is 23.8. The van der Waals surface area contributed by atoms with Crippen molar-refractivity contribution in [2.45, 2.75) is 102 Å². The van der Waals surface area contributed by atoms with E-state index in [0.717, 1.165) is 139 Å². The molecule has 488 valence electrons. The van der Waals surface area contributed by atoms with Crippen molar-refractivity contribution in [2.24, 2.45) is 0 Å². The first-order valence-electron chi connectivity index (χ1n) is 30.8. The number of ether oxygens (including phenoxy) is 2. The van der Waals surface area contributed by atoms with E-state index in [2.05, 4.69) is 77.7 Å². The Labute approximate surface area is 565 Å². The van der Waals surface area contributed by atoms with Gasteiger partial charge in [-0.1, -0.05) is 23.7 Å². The Hall–Kier alpha value is -10.7. The molecule has 0 bridgehead atoms. The first-order valence-corrected chi connectivity index (χ1v) is 31.8. The van der Waals surface area contributed by atoms with E-state index in [4.69, 9.17) is 64.2 Å². The summed E-state index contributed by atoms with van der Waals surface area (Å²) < 4.78 is 10.1. The average molecular weight is 1320 g/mol. The standard InChI is InChI=1S/C25H25N5O2.C23H23N5O.C14H12Cl2N4.C11H15NO2.H2/c1-5-32-24(31)19-12-15(2)22(16(3)13-19)30-11-10-21-17(4)27-25(29-23(21)30)28-20-8-6-18(14-26)7-9-20;1-14-10-18(13-29)11-15(2)21(14)28-9-8-20-16(3)25-23(27-22(20)28)26-19-6-4-17(12-24)5-7-19;1-9-12(6-7-15)13(16)20-14(18-9)19-11-4-2-10(8-17)3-5-11;1-4-14-11(13)9-5-7(2)10(12)8(3)6-9;/h6-9,12-13H,5,10-11H2,1-4H3,(H,27,28,29);4-7,10-11,29H,8-9,13H2,1-3H3,(H,25,26,27);2-5H,6-7H2,1H3,(H,18,19,20);5-6H,4,12H2,1-3H3;1H/i;;;;1+1. The van der Waals surface area contributed by atoms with Crippen LogP contribution in [0.25, 0.3) is 0 Å². The number of aromatic nitrogens is 6. The van der Waals surface area contributed by atoms with E-state index in [-0.39, 0.29) is 20.0 Å². The Balaban J connectivity index is 0.000000188. The topological polar surface area (TPSA) is 290 Å². The van der Waals surface area contributed by atoms with Crippen LogP contribution in [0.2, 0.25) is 5.15 Å². The fourth-order valence-electron chi connectivity index (χ4n) is 11.3. The number of nitrogen functional groups attached to an aromatic ring is 1. The number of fused-ring (bicyclic) bond motifs is 2. The second kappa shape index (κ2) is 32.2. The molecule has 0 spiro atoms. The quantitative estimate of drug-likeness (QED) is 0.0276. The lowest BCUT2D eigenvalue weighted by Gasteiger charge is -2.24. The van der Waals surface area contributed by atoms with Gasteiger partial charge in [0.05, 0.1) is 65.8 Å². The summed E-state index contributed by atoms with van der Waals surface area (Å²) >= 11 is 11.9. The highest BCUT2D eigenvalue weighted by molar-refractivity contribution is 6.30. The van der Waals surface area contributed by atoms with Crippen LogP contribution in [0.5, 0.6) is 0 Å². The van der Waals surface area contributed by atoms with Crippen molar-refractivity contribution in [1.29, 1.82) is 15.8 Å². The smallest absolute Gasteiger partial charge is 0.338 e. The molecular formula is C73H77Cl2N15O5. The summed E-state index contributed by atoms with van der Waals surface area (Å²) in [6, 6.07) is 39.1. The monoisotopic (exact) mass is 1310 g/mol. The number of benzene rings is 6. The van der Waals surface area contributed by atoms with Crippen LogP contribution in [0, 0.1) is 96.3 Å². The molecule has 6 aromatic carbocycles. The van der Waals surface area contributed by atoms with Gasteiger partial charge in [-0.15, -0.1) is 11.6 Å². The van der Waals surface area contributed by atoms with Crippen LogP contribution in [0.15, 0.2) is 109 Å². The molecule has 22 heteroatoms. The van der Waals surface area contributed by atoms with E-state index in [1.54, 1.807) is 74.5 Å². The van der Waals surface area contributed by atoms with E-state index >= 15 is 0 Å². The number of carbonyl (C=O) groups excluding carboxylic acids is 2. The Morgan fingerprint density at radius 2 is 0.895 bits per heavy atom. The number of aryl methyl sites for hydroxylation is 9. The van der Waals surface area contributed by atoms with E-state index in [0.29, 0.717) is 76.3 Å². The largest absolute Gasteiger partial charge is 0.462 e. The molecule has 0 saturated heterocycles. The van der Waals surface area contributed by atoms with Crippen molar-refractivity contribution in [3.8, 4) is 18.2 Å². The summed E-state index contributed by atoms with van der Waals surface area (Å²) in [5.41, 5.74) is 27.0. The fourth-order valence-corrected chi connectivity index (χ4v) is 11.8. The highest BCUT2D eigenvalue weighted by Gasteiger charge is 2.30. The van der Waals surface area contributed by atoms with Gasteiger partial charge in [-0.2, -0.15) is 25.8 Å². The van der Waals surface area contributed by atoms with Gasteiger partial charge in [0.2, 0.25) is 17.8 Å². The van der Waals surface area contributed by atoms with Gasteiger partial charge < -0.3 is 46.1 Å². The molecule has 9 aromatic rings. The molecule has 0 radical (unpaired) electrons. The van der Waals surface area contributed by atoms with E-state index in [1.807, 2.05) is 97.0 Å². The number of hydrogen-bond donors (Lipinski definition) is 5. The Morgan fingerprint density at radius 3 is 1.23 bits per heavy atom. The van der Waals surface area contributed by atoms with Crippen LogP contribution in [0.3, 0.4) is 0 Å². The first kappa shape index (κ1) is 70.2. The van der Waals surface area contributed by atoms with E-state index < -0.39 is 0 Å². The average Bonchev–Trinajstić information content (AvgIpc) is 1.58. The maximum atomic E-state index is 12.2. The normalized spacial score (nSPS) is 11.6. The van der Waals surface area contributed by atoms with Crippen LogP contribution in [0.4, 0.5) is 63.6 Å². The SMILES string of the molecule is CCOC(=O)c1cc(C)c(N)c(C)c1.CCOC(=O)c1cc(C)c(N2CCc3c(C)nc(Nc4ccc(C#N)cc4)nc32)c(C)c1.Cc1cc(CO)cc(C)c1N1CCc2c(C)nc(Nc3ccc(C#N)cc3)nc21.Cc1nc(Nc2ccc(C#N)cc2)nc(Cl)c1CCCl.[2HH]. The van der Waals surface area contributed by atoms with Gasteiger partial charge in [-0.25, -0.2) is 29.5 Å². The van der Waals surface area contributed by atoms with Crippen molar-refractivity contribution in [3.05, 3.63) is 215 Å².